The van der Waals surface area contributed by atoms with Crippen molar-refractivity contribution < 1.29 is 9.90 Å². The number of hydrogen-bond donors (Lipinski definition) is 2. The molecule has 1 aromatic heterocycles. The van der Waals surface area contributed by atoms with E-state index in [4.69, 9.17) is 5.11 Å². The van der Waals surface area contributed by atoms with Crippen LogP contribution in [0.3, 0.4) is 0 Å². The fraction of sp³-hybridized carbons (Fsp3) is 0.583. The first-order valence-electron chi connectivity index (χ1n) is 5.64. The number of nitrogens with zero attached hydrogens (tertiary/aromatic N) is 2. The summed E-state index contributed by atoms with van der Waals surface area (Å²) in [6.07, 6.45) is 6.00. The molecule has 5 nitrogen and oxygen atoms in total. The predicted octanol–water partition coefficient (Wildman–Crippen LogP) is 2.17. The van der Waals surface area contributed by atoms with Crippen molar-refractivity contribution in [2.24, 2.45) is 5.41 Å². The quantitative estimate of drug-likeness (QED) is 0.820. The summed E-state index contributed by atoms with van der Waals surface area (Å²) in [6, 6.07) is -0.620. The van der Waals surface area contributed by atoms with Crippen molar-refractivity contribution in [3.05, 3.63) is 18.6 Å². The summed E-state index contributed by atoms with van der Waals surface area (Å²) >= 11 is 0. The Hall–Kier alpha value is -1.65. The summed E-state index contributed by atoms with van der Waals surface area (Å²) in [4.78, 5) is 19.0. The molecule has 1 aromatic rings. The molecular formula is C12H19N3O2. The Kier molecular flexibility index (Phi) is 4.43. The van der Waals surface area contributed by atoms with E-state index >= 15 is 0 Å². The highest BCUT2D eigenvalue weighted by atomic mass is 16.4. The van der Waals surface area contributed by atoms with Crippen LogP contribution in [0.2, 0.25) is 0 Å². The molecule has 0 saturated heterocycles. The second-order valence-corrected chi connectivity index (χ2v) is 5.23. The number of hydrogen-bond acceptors (Lipinski definition) is 4. The molecule has 17 heavy (non-hydrogen) atoms. The van der Waals surface area contributed by atoms with Gasteiger partial charge in [-0.25, -0.2) is 9.78 Å². The molecule has 0 unspecified atom stereocenters. The summed E-state index contributed by atoms with van der Waals surface area (Å²) < 4.78 is 0. The number of carboxylic acid groups (broad SMARTS) is 1. The monoisotopic (exact) mass is 237 g/mol. The highest BCUT2D eigenvalue weighted by Crippen LogP contribution is 2.22. The van der Waals surface area contributed by atoms with Crippen molar-refractivity contribution >= 4 is 11.8 Å². The molecule has 0 aliphatic heterocycles. The van der Waals surface area contributed by atoms with Crippen LogP contribution < -0.4 is 5.32 Å². The van der Waals surface area contributed by atoms with Crippen molar-refractivity contribution in [1.29, 1.82) is 0 Å². The van der Waals surface area contributed by atoms with Gasteiger partial charge in [-0.05, 0) is 18.3 Å². The summed E-state index contributed by atoms with van der Waals surface area (Å²) in [6.45, 7) is 6.27. The van der Waals surface area contributed by atoms with Crippen LogP contribution in [0.5, 0.6) is 0 Å². The average molecular weight is 237 g/mol. The Bertz CT molecular complexity index is 360. The summed E-state index contributed by atoms with van der Waals surface area (Å²) in [5, 5.41) is 12.0. The maximum Gasteiger partial charge on any atom is 0.326 e. The first-order valence-corrected chi connectivity index (χ1v) is 5.64. The number of anilines is 1. The van der Waals surface area contributed by atoms with Gasteiger partial charge in [0.05, 0.1) is 6.20 Å². The van der Waals surface area contributed by atoms with Crippen LogP contribution in [0.4, 0.5) is 5.82 Å². The Morgan fingerprint density at radius 1 is 1.47 bits per heavy atom. The Morgan fingerprint density at radius 3 is 2.65 bits per heavy atom. The van der Waals surface area contributed by atoms with Crippen LogP contribution in [-0.2, 0) is 4.79 Å². The van der Waals surface area contributed by atoms with E-state index in [9.17, 15) is 4.79 Å². The van der Waals surface area contributed by atoms with Crippen LogP contribution in [0, 0.1) is 5.41 Å². The molecule has 0 aliphatic rings. The van der Waals surface area contributed by atoms with E-state index in [1.807, 2.05) is 0 Å². The normalized spacial score (nSPS) is 13.1. The highest BCUT2D eigenvalue weighted by molar-refractivity contribution is 5.76. The van der Waals surface area contributed by atoms with Crippen molar-refractivity contribution in [2.45, 2.75) is 39.7 Å². The van der Waals surface area contributed by atoms with Crippen LogP contribution in [0.25, 0.3) is 0 Å². The first-order chi connectivity index (χ1) is 7.88. The molecule has 0 radical (unpaired) electrons. The maximum absolute atomic E-state index is 11.1. The third kappa shape index (κ3) is 5.29. The lowest BCUT2D eigenvalue weighted by molar-refractivity contribution is -0.138. The molecule has 0 bridgehead atoms. The zero-order chi connectivity index (χ0) is 12.9. The van der Waals surface area contributed by atoms with Gasteiger partial charge in [-0.1, -0.05) is 20.8 Å². The molecule has 1 atom stereocenters. The van der Waals surface area contributed by atoms with Gasteiger partial charge in [0.15, 0.2) is 0 Å². The third-order valence-electron chi connectivity index (χ3n) is 2.37. The molecule has 1 rings (SSSR count). The largest absolute Gasteiger partial charge is 0.480 e. The zero-order valence-electron chi connectivity index (χ0n) is 10.5. The smallest absolute Gasteiger partial charge is 0.326 e. The van der Waals surface area contributed by atoms with Crippen LogP contribution >= 0.6 is 0 Å². The van der Waals surface area contributed by atoms with E-state index in [0.717, 1.165) is 6.42 Å². The second kappa shape index (κ2) is 5.61. The van der Waals surface area contributed by atoms with Crippen molar-refractivity contribution in [3.63, 3.8) is 0 Å². The summed E-state index contributed by atoms with van der Waals surface area (Å²) in [5.41, 5.74) is 0.123. The highest BCUT2D eigenvalue weighted by Gasteiger charge is 2.21. The number of aliphatic carboxylic acids is 1. The summed E-state index contributed by atoms with van der Waals surface area (Å²) in [7, 11) is 0. The predicted molar refractivity (Wildman–Crippen MR) is 65.8 cm³/mol. The molecule has 0 amide bonds. The number of carboxylic acids is 1. The van der Waals surface area contributed by atoms with Crippen molar-refractivity contribution in [2.75, 3.05) is 5.32 Å². The molecule has 2 N–H and O–H groups in total. The lowest BCUT2D eigenvalue weighted by Gasteiger charge is -2.21. The molecular weight excluding hydrogens is 218 g/mol. The standard InChI is InChI=1S/C12H19N3O2/c1-12(2,3)5-4-9(11(16)17)15-10-8-13-6-7-14-10/h6-9H,4-5H2,1-3H3,(H,14,15)(H,16,17)/t9-/m0/s1. The van der Waals surface area contributed by atoms with Gasteiger partial charge < -0.3 is 10.4 Å². The van der Waals surface area contributed by atoms with Gasteiger partial charge in [-0.3, -0.25) is 4.98 Å². The van der Waals surface area contributed by atoms with E-state index in [-0.39, 0.29) is 5.41 Å². The van der Waals surface area contributed by atoms with Gasteiger partial charge in [-0.2, -0.15) is 0 Å². The van der Waals surface area contributed by atoms with Gasteiger partial charge in [0.2, 0.25) is 0 Å². The minimum Gasteiger partial charge on any atom is -0.480 e. The lowest BCUT2D eigenvalue weighted by atomic mass is 9.88. The van der Waals surface area contributed by atoms with Gasteiger partial charge in [-0.15, -0.1) is 0 Å². The average Bonchev–Trinajstić information content (AvgIpc) is 2.24. The Labute approximate surface area is 101 Å². The Balaban J connectivity index is 2.59. The van der Waals surface area contributed by atoms with E-state index in [2.05, 4.69) is 36.1 Å². The molecule has 0 spiro atoms. The topological polar surface area (TPSA) is 75.1 Å². The minimum atomic E-state index is -0.861. The SMILES string of the molecule is CC(C)(C)CC[C@H](Nc1cnccn1)C(=O)O. The molecule has 0 aliphatic carbocycles. The third-order valence-corrected chi connectivity index (χ3v) is 2.37. The summed E-state index contributed by atoms with van der Waals surface area (Å²) in [5.74, 6) is -0.367. The van der Waals surface area contributed by atoms with Gasteiger partial charge in [0.25, 0.3) is 0 Å². The van der Waals surface area contributed by atoms with Crippen LogP contribution in [0.15, 0.2) is 18.6 Å². The fourth-order valence-electron chi connectivity index (χ4n) is 1.39. The lowest BCUT2D eigenvalue weighted by Crippen LogP contribution is -2.30. The molecule has 0 aromatic carbocycles. The van der Waals surface area contributed by atoms with Gasteiger partial charge >= 0.3 is 5.97 Å². The second-order valence-electron chi connectivity index (χ2n) is 5.23. The molecule has 1 heterocycles. The van der Waals surface area contributed by atoms with E-state index < -0.39 is 12.0 Å². The number of carbonyl (C=O) groups is 1. The Morgan fingerprint density at radius 2 is 2.18 bits per heavy atom. The number of nitrogens with one attached hydrogen (secondary N) is 1. The van der Waals surface area contributed by atoms with Crippen molar-refractivity contribution in [1.82, 2.24) is 9.97 Å². The van der Waals surface area contributed by atoms with E-state index in [0.29, 0.717) is 12.2 Å². The number of aromatic nitrogens is 2. The molecule has 0 fully saturated rings. The molecule has 0 saturated carbocycles. The van der Waals surface area contributed by atoms with Gasteiger partial charge in [0, 0.05) is 12.4 Å². The van der Waals surface area contributed by atoms with E-state index in [1.165, 1.54) is 12.4 Å². The van der Waals surface area contributed by atoms with Gasteiger partial charge in [0.1, 0.15) is 11.9 Å². The van der Waals surface area contributed by atoms with E-state index in [1.54, 1.807) is 6.20 Å². The first kappa shape index (κ1) is 13.4. The zero-order valence-corrected chi connectivity index (χ0v) is 10.5. The van der Waals surface area contributed by atoms with Crippen LogP contribution in [0.1, 0.15) is 33.6 Å². The number of rotatable bonds is 5. The molecule has 5 heteroatoms. The van der Waals surface area contributed by atoms with Crippen LogP contribution in [-0.4, -0.2) is 27.1 Å². The molecule has 94 valence electrons. The maximum atomic E-state index is 11.1. The fourth-order valence-corrected chi connectivity index (χ4v) is 1.39. The van der Waals surface area contributed by atoms with Crippen molar-refractivity contribution in [3.8, 4) is 0 Å². The minimum absolute atomic E-state index is 0.123.